The molecule has 3 N–H and O–H groups in total. The molecule has 5 heteroatoms. The Morgan fingerprint density at radius 3 is 2.33 bits per heavy atom. The second-order valence-electron chi connectivity index (χ2n) is 4.98. The molecule has 0 amide bonds. The molecule has 1 heterocycles. The van der Waals surface area contributed by atoms with Gasteiger partial charge in [0.15, 0.2) is 0 Å². The van der Waals surface area contributed by atoms with E-state index in [0.717, 1.165) is 6.54 Å². The van der Waals surface area contributed by atoms with Crippen molar-refractivity contribution in [3.8, 4) is 0 Å². The quantitative estimate of drug-likeness (QED) is 0.842. The molecule has 0 spiro atoms. The van der Waals surface area contributed by atoms with Gasteiger partial charge in [0.05, 0.1) is 11.5 Å². The standard InChI is InChI=1S/C13H20N2O2S/c14-11-13(6-8-18(16,17)9-7-13)15-10-12-4-2-1-3-5-12/h1-5,15H,6-11,14H2. The Morgan fingerprint density at radius 1 is 1.17 bits per heavy atom. The number of hydrogen-bond donors (Lipinski definition) is 2. The van der Waals surface area contributed by atoms with Crippen LogP contribution in [0.15, 0.2) is 30.3 Å². The van der Waals surface area contributed by atoms with E-state index in [1.54, 1.807) is 0 Å². The van der Waals surface area contributed by atoms with Crippen LogP contribution >= 0.6 is 0 Å². The Morgan fingerprint density at radius 2 is 1.78 bits per heavy atom. The van der Waals surface area contributed by atoms with Crippen LogP contribution in [0.1, 0.15) is 18.4 Å². The molecule has 0 bridgehead atoms. The summed E-state index contributed by atoms with van der Waals surface area (Å²) < 4.78 is 22.9. The lowest BCUT2D eigenvalue weighted by Gasteiger charge is -2.37. The molecule has 0 aromatic heterocycles. The largest absolute Gasteiger partial charge is 0.329 e. The van der Waals surface area contributed by atoms with E-state index in [9.17, 15) is 8.42 Å². The number of benzene rings is 1. The Bertz CT molecular complexity index is 471. The molecule has 0 atom stereocenters. The molecule has 1 saturated heterocycles. The van der Waals surface area contributed by atoms with Gasteiger partial charge in [-0.3, -0.25) is 0 Å². The molecule has 2 rings (SSSR count). The minimum Gasteiger partial charge on any atom is -0.329 e. The van der Waals surface area contributed by atoms with Crippen LogP contribution in [0.25, 0.3) is 0 Å². The van der Waals surface area contributed by atoms with E-state index in [1.165, 1.54) is 5.56 Å². The van der Waals surface area contributed by atoms with Crippen LogP contribution in [0, 0.1) is 0 Å². The lowest BCUT2D eigenvalue weighted by atomic mass is 9.92. The first-order valence-corrected chi connectivity index (χ1v) is 8.07. The molecular weight excluding hydrogens is 248 g/mol. The van der Waals surface area contributed by atoms with Gasteiger partial charge < -0.3 is 11.1 Å². The zero-order valence-electron chi connectivity index (χ0n) is 10.4. The number of nitrogens with two attached hydrogens (primary N) is 1. The van der Waals surface area contributed by atoms with Crippen molar-refractivity contribution in [2.75, 3.05) is 18.1 Å². The zero-order valence-corrected chi connectivity index (χ0v) is 11.2. The molecule has 4 nitrogen and oxygen atoms in total. The third-order valence-electron chi connectivity index (χ3n) is 3.68. The highest BCUT2D eigenvalue weighted by Gasteiger charge is 2.35. The van der Waals surface area contributed by atoms with E-state index < -0.39 is 9.84 Å². The topological polar surface area (TPSA) is 72.2 Å². The Labute approximate surface area is 108 Å². The lowest BCUT2D eigenvalue weighted by molar-refractivity contribution is 0.300. The van der Waals surface area contributed by atoms with Gasteiger partial charge in [-0.15, -0.1) is 0 Å². The van der Waals surface area contributed by atoms with Crippen molar-refractivity contribution in [2.45, 2.75) is 24.9 Å². The van der Waals surface area contributed by atoms with Gasteiger partial charge in [-0.1, -0.05) is 30.3 Å². The molecule has 1 aliphatic heterocycles. The summed E-state index contributed by atoms with van der Waals surface area (Å²) in [6.07, 6.45) is 1.22. The van der Waals surface area contributed by atoms with Gasteiger partial charge in [-0.2, -0.15) is 0 Å². The molecule has 0 saturated carbocycles. The molecule has 1 aromatic rings. The first-order valence-electron chi connectivity index (χ1n) is 6.25. The third-order valence-corrected chi connectivity index (χ3v) is 5.34. The third kappa shape index (κ3) is 3.31. The van der Waals surface area contributed by atoms with Crippen molar-refractivity contribution >= 4 is 9.84 Å². The summed E-state index contributed by atoms with van der Waals surface area (Å²) in [6.45, 7) is 1.22. The van der Waals surface area contributed by atoms with Gasteiger partial charge in [0.2, 0.25) is 0 Å². The van der Waals surface area contributed by atoms with Crippen LogP contribution in [0.3, 0.4) is 0 Å². The monoisotopic (exact) mass is 268 g/mol. The highest BCUT2D eigenvalue weighted by Crippen LogP contribution is 2.23. The van der Waals surface area contributed by atoms with E-state index >= 15 is 0 Å². The van der Waals surface area contributed by atoms with E-state index in [0.29, 0.717) is 19.4 Å². The van der Waals surface area contributed by atoms with Gasteiger partial charge in [0.25, 0.3) is 0 Å². The van der Waals surface area contributed by atoms with Crippen molar-refractivity contribution in [1.29, 1.82) is 0 Å². The summed E-state index contributed by atoms with van der Waals surface area (Å²) in [7, 11) is -2.84. The first kappa shape index (κ1) is 13.5. The Kier molecular flexibility index (Phi) is 4.04. The molecule has 18 heavy (non-hydrogen) atoms. The average Bonchev–Trinajstić information content (AvgIpc) is 2.40. The van der Waals surface area contributed by atoms with Crippen molar-refractivity contribution in [2.24, 2.45) is 5.73 Å². The molecule has 0 unspecified atom stereocenters. The average molecular weight is 268 g/mol. The molecule has 0 aliphatic carbocycles. The fraction of sp³-hybridized carbons (Fsp3) is 0.538. The Balaban J connectivity index is 1.98. The lowest BCUT2D eigenvalue weighted by Crippen LogP contribution is -2.55. The van der Waals surface area contributed by atoms with Crippen LogP contribution in [-0.2, 0) is 16.4 Å². The second-order valence-corrected chi connectivity index (χ2v) is 7.28. The number of hydrogen-bond acceptors (Lipinski definition) is 4. The van der Waals surface area contributed by atoms with Crippen molar-refractivity contribution in [3.05, 3.63) is 35.9 Å². The predicted molar refractivity (Wildman–Crippen MR) is 73.0 cm³/mol. The van der Waals surface area contributed by atoms with Crippen LogP contribution in [0.2, 0.25) is 0 Å². The summed E-state index contributed by atoms with van der Waals surface area (Å²) in [6, 6.07) is 10.1. The molecule has 1 fully saturated rings. The summed E-state index contributed by atoms with van der Waals surface area (Å²) in [5, 5.41) is 3.45. The SMILES string of the molecule is NCC1(NCc2ccccc2)CCS(=O)(=O)CC1. The molecule has 100 valence electrons. The van der Waals surface area contributed by atoms with E-state index in [4.69, 9.17) is 5.73 Å². The van der Waals surface area contributed by atoms with Crippen LogP contribution in [0.4, 0.5) is 0 Å². The van der Waals surface area contributed by atoms with Gasteiger partial charge in [0.1, 0.15) is 9.84 Å². The summed E-state index contributed by atoms with van der Waals surface area (Å²) >= 11 is 0. The van der Waals surface area contributed by atoms with Crippen LogP contribution in [0.5, 0.6) is 0 Å². The first-order chi connectivity index (χ1) is 8.55. The van der Waals surface area contributed by atoms with Crippen molar-refractivity contribution in [1.82, 2.24) is 5.32 Å². The number of nitrogens with one attached hydrogen (secondary N) is 1. The minimum atomic E-state index is -2.84. The van der Waals surface area contributed by atoms with Crippen molar-refractivity contribution in [3.63, 3.8) is 0 Å². The minimum absolute atomic E-state index is 0.221. The molecular formula is C13H20N2O2S. The van der Waals surface area contributed by atoms with E-state index in [1.807, 2.05) is 18.2 Å². The van der Waals surface area contributed by atoms with Crippen LogP contribution in [-0.4, -0.2) is 32.0 Å². The Hall–Kier alpha value is -0.910. The smallest absolute Gasteiger partial charge is 0.150 e. The van der Waals surface area contributed by atoms with E-state index in [-0.39, 0.29) is 17.0 Å². The van der Waals surface area contributed by atoms with Gasteiger partial charge in [-0.25, -0.2) is 8.42 Å². The van der Waals surface area contributed by atoms with Gasteiger partial charge >= 0.3 is 0 Å². The fourth-order valence-electron chi connectivity index (χ4n) is 2.27. The predicted octanol–water partition coefficient (Wildman–Crippen LogP) is 0.682. The van der Waals surface area contributed by atoms with Gasteiger partial charge in [0, 0.05) is 18.6 Å². The molecule has 1 aliphatic rings. The summed E-state index contributed by atoms with van der Waals surface area (Å²) in [5.41, 5.74) is 6.81. The molecule has 0 radical (unpaired) electrons. The fourth-order valence-corrected chi connectivity index (χ4v) is 3.87. The number of rotatable bonds is 4. The summed E-state index contributed by atoms with van der Waals surface area (Å²) in [5.74, 6) is 0.484. The van der Waals surface area contributed by atoms with E-state index in [2.05, 4.69) is 17.4 Å². The normalized spacial score (nSPS) is 21.6. The highest BCUT2D eigenvalue weighted by molar-refractivity contribution is 7.91. The molecule has 1 aromatic carbocycles. The highest BCUT2D eigenvalue weighted by atomic mass is 32.2. The van der Waals surface area contributed by atoms with Crippen molar-refractivity contribution < 1.29 is 8.42 Å². The maximum atomic E-state index is 11.5. The van der Waals surface area contributed by atoms with Gasteiger partial charge in [-0.05, 0) is 18.4 Å². The summed E-state index contributed by atoms with van der Waals surface area (Å²) in [4.78, 5) is 0. The van der Waals surface area contributed by atoms with Crippen LogP contribution < -0.4 is 11.1 Å². The maximum absolute atomic E-state index is 11.5. The second kappa shape index (κ2) is 5.38. The maximum Gasteiger partial charge on any atom is 0.150 e. The zero-order chi connectivity index (χ0) is 13.1. The number of sulfone groups is 1.